The molecule has 5 nitrogen and oxygen atoms in total. The van der Waals surface area contributed by atoms with E-state index in [-0.39, 0.29) is 24.0 Å². The molecule has 2 aromatic rings. The molecule has 4 N–H and O–H groups in total. The van der Waals surface area contributed by atoms with Crippen molar-refractivity contribution in [2.45, 2.75) is 32.7 Å². The van der Waals surface area contributed by atoms with Gasteiger partial charge >= 0.3 is 0 Å². The second-order valence-corrected chi connectivity index (χ2v) is 5.53. The normalized spacial score (nSPS) is 15.6. The summed E-state index contributed by atoms with van der Waals surface area (Å²) >= 11 is 0. The number of fused-ring (bicyclic) bond motifs is 1. The first-order chi connectivity index (χ1) is 9.72. The molecule has 0 aliphatic heterocycles. The maximum atomic E-state index is 5.87. The van der Waals surface area contributed by atoms with Crippen molar-refractivity contribution in [3.8, 4) is 0 Å². The lowest BCUT2D eigenvalue weighted by Gasteiger charge is -2.25. The van der Waals surface area contributed by atoms with Crippen LogP contribution in [0.5, 0.6) is 0 Å². The number of aromatic nitrogens is 2. The maximum Gasteiger partial charge on any atom is 0.189 e. The molecular formula is C15H22IN5. The van der Waals surface area contributed by atoms with E-state index in [0.717, 1.165) is 29.3 Å². The summed E-state index contributed by atoms with van der Waals surface area (Å²) in [6.07, 6.45) is 3.97. The van der Waals surface area contributed by atoms with E-state index in [2.05, 4.69) is 33.3 Å². The molecule has 1 aromatic heterocycles. The zero-order valence-electron chi connectivity index (χ0n) is 12.2. The number of aromatic amines is 1. The minimum absolute atomic E-state index is 0. The number of nitrogens with zero attached hydrogens (tertiary/aromatic N) is 2. The Morgan fingerprint density at radius 3 is 2.95 bits per heavy atom. The van der Waals surface area contributed by atoms with Crippen molar-refractivity contribution < 1.29 is 0 Å². The fourth-order valence-corrected chi connectivity index (χ4v) is 2.46. The molecule has 1 fully saturated rings. The van der Waals surface area contributed by atoms with Crippen LogP contribution in [0.15, 0.2) is 23.2 Å². The Morgan fingerprint density at radius 1 is 1.48 bits per heavy atom. The molecule has 0 atom stereocenters. The number of rotatable bonds is 4. The molecule has 0 spiro atoms. The van der Waals surface area contributed by atoms with E-state index in [9.17, 15) is 0 Å². The Kier molecular flexibility index (Phi) is 5.44. The number of hydrogen-bond donors (Lipinski definition) is 3. The number of H-pyrrole nitrogens is 1. The molecule has 6 heteroatoms. The van der Waals surface area contributed by atoms with Crippen LogP contribution < -0.4 is 11.1 Å². The summed E-state index contributed by atoms with van der Waals surface area (Å²) < 4.78 is 0. The molecule has 0 unspecified atom stereocenters. The fourth-order valence-electron chi connectivity index (χ4n) is 2.46. The molecule has 21 heavy (non-hydrogen) atoms. The van der Waals surface area contributed by atoms with E-state index in [1.165, 1.54) is 24.8 Å². The summed E-state index contributed by atoms with van der Waals surface area (Å²) in [7, 11) is 0. The van der Waals surface area contributed by atoms with Crippen LogP contribution in [0.3, 0.4) is 0 Å². The number of nitrogens with one attached hydrogen (secondary N) is 2. The standard InChI is InChI=1S/C15H21N5.HI/c1-10-4-2-7-12-14(10)20-13(19-12)9-18-15(16)17-8-11-5-3-6-11;/h2,4,7,11H,3,5-6,8-9H2,1H3,(H,19,20)(H3,16,17,18);1H. The van der Waals surface area contributed by atoms with E-state index in [0.29, 0.717) is 12.5 Å². The Labute approximate surface area is 141 Å². The van der Waals surface area contributed by atoms with Gasteiger partial charge in [0, 0.05) is 6.54 Å². The van der Waals surface area contributed by atoms with Crippen molar-refractivity contribution in [3.05, 3.63) is 29.6 Å². The first kappa shape index (κ1) is 16.1. The maximum absolute atomic E-state index is 5.87. The van der Waals surface area contributed by atoms with Crippen molar-refractivity contribution in [2.75, 3.05) is 6.54 Å². The van der Waals surface area contributed by atoms with Crippen LogP contribution in [0.1, 0.15) is 30.7 Å². The Balaban J connectivity index is 0.00000161. The van der Waals surface area contributed by atoms with Crippen LogP contribution >= 0.6 is 24.0 Å². The predicted molar refractivity (Wildman–Crippen MR) is 96.9 cm³/mol. The third kappa shape index (κ3) is 3.87. The van der Waals surface area contributed by atoms with E-state index >= 15 is 0 Å². The van der Waals surface area contributed by atoms with Crippen LogP contribution in [-0.4, -0.2) is 22.5 Å². The molecule has 3 rings (SSSR count). The number of halogens is 1. The van der Waals surface area contributed by atoms with E-state index < -0.39 is 0 Å². The first-order valence-corrected chi connectivity index (χ1v) is 7.20. The summed E-state index contributed by atoms with van der Waals surface area (Å²) in [4.78, 5) is 12.2. The molecule has 1 saturated carbocycles. The van der Waals surface area contributed by atoms with Crippen molar-refractivity contribution >= 4 is 41.0 Å². The van der Waals surface area contributed by atoms with Gasteiger partial charge < -0.3 is 16.0 Å². The highest BCUT2D eigenvalue weighted by molar-refractivity contribution is 14.0. The molecule has 0 radical (unpaired) electrons. The molecule has 1 aromatic carbocycles. The molecule has 114 valence electrons. The lowest BCUT2D eigenvalue weighted by Crippen LogP contribution is -2.37. The number of guanidine groups is 1. The summed E-state index contributed by atoms with van der Waals surface area (Å²) in [5.41, 5.74) is 9.11. The minimum Gasteiger partial charge on any atom is -0.370 e. The van der Waals surface area contributed by atoms with Gasteiger partial charge in [-0.25, -0.2) is 9.98 Å². The van der Waals surface area contributed by atoms with Crippen LogP contribution in [0.4, 0.5) is 0 Å². The molecule has 1 heterocycles. The van der Waals surface area contributed by atoms with Gasteiger partial charge in [-0.3, -0.25) is 0 Å². The van der Waals surface area contributed by atoms with Crippen LogP contribution in [0.2, 0.25) is 0 Å². The number of nitrogens with two attached hydrogens (primary N) is 1. The SMILES string of the molecule is Cc1cccc2[nH]c(CN=C(N)NCC3CCC3)nc12.I. The fraction of sp³-hybridized carbons (Fsp3) is 0.467. The van der Waals surface area contributed by atoms with E-state index in [4.69, 9.17) is 5.73 Å². The van der Waals surface area contributed by atoms with Gasteiger partial charge in [0.05, 0.1) is 11.0 Å². The molecule has 0 saturated heterocycles. The highest BCUT2D eigenvalue weighted by Crippen LogP contribution is 2.25. The van der Waals surface area contributed by atoms with Crippen molar-refractivity contribution in [1.29, 1.82) is 0 Å². The number of aliphatic imine (C=N–C) groups is 1. The van der Waals surface area contributed by atoms with Gasteiger partial charge in [0.2, 0.25) is 0 Å². The summed E-state index contributed by atoms with van der Waals surface area (Å²) in [6.45, 7) is 3.48. The van der Waals surface area contributed by atoms with Crippen molar-refractivity contribution in [1.82, 2.24) is 15.3 Å². The highest BCUT2D eigenvalue weighted by atomic mass is 127. The topological polar surface area (TPSA) is 79.1 Å². The third-order valence-corrected chi connectivity index (χ3v) is 3.96. The Morgan fingerprint density at radius 2 is 2.29 bits per heavy atom. The first-order valence-electron chi connectivity index (χ1n) is 7.20. The molecule has 1 aliphatic carbocycles. The summed E-state index contributed by atoms with van der Waals surface area (Å²) in [5, 5.41) is 3.19. The average Bonchev–Trinajstić information content (AvgIpc) is 2.79. The van der Waals surface area contributed by atoms with Gasteiger partial charge in [-0.2, -0.15) is 0 Å². The smallest absolute Gasteiger partial charge is 0.189 e. The van der Waals surface area contributed by atoms with Gasteiger partial charge in [-0.1, -0.05) is 18.6 Å². The summed E-state index contributed by atoms with van der Waals surface area (Å²) in [6, 6.07) is 6.11. The second kappa shape index (κ2) is 7.11. The molecular weight excluding hydrogens is 377 g/mol. The van der Waals surface area contributed by atoms with Gasteiger partial charge in [0.1, 0.15) is 12.4 Å². The van der Waals surface area contributed by atoms with Gasteiger partial charge in [-0.05, 0) is 37.3 Å². The number of hydrogen-bond acceptors (Lipinski definition) is 2. The monoisotopic (exact) mass is 399 g/mol. The summed E-state index contributed by atoms with van der Waals surface area (Å²) in [5.74, 6) is 2.13. The molecule has 0 bridgehead atoms. The number of aryl methyl sites for hydroxylation is 1. The predicted octanol–water partition coefficient (Wildman–Crippen LogP) is 2.69. The van der Waals surface area contributed by atoms with E-state index in [1.54, 1.807) is 0 Å². The van der Waals surface area contributed by atoms with Crippen molar-refractivity contribution in [2.24, 2.45) is 16.6 Å². The van der Waals surface area contributed by atoms with Crippen LogP contribution in [0, 0.1) is 12.8 Å². The molecule has 1 aliphatic rings. The quantitative estimate of drug-likeness (QED) is 0.420. The molecule has 0 amide bonds. The Bertz CT molecular complexity index is 630. The zero-order chi connectivity index (χ0) is 13.9. The lowest BCUT2D eigenvalue weighted by molar-refractivity contribution is 0.315. The average molecular weight is 399 g/mol. The van der Waals surface area contributed by atoms with Gasteiger partial charge in [-0.15, -0.1) is 24.0 Å². The largest absolute Gasteiger partial charge is 0.370 e. The third-order valence-electron chi connectivity index (χ3n) is 3.96. The number of imidazole rings is 1. The second-order valence-electron chi connectivity index (χ2n) is 5.53. The Hall–Kier alpha value is -1.31. The van der Waals surface area contributed by atoms with Crippen molar-refractivity contribution in [3.63, 3.8) is 0 Å². The van der Waals surface area contributed by atoms with Crippen LogP contribution in [0.25, 0.3) is 11.0 Å². The zero-order valence-corrected chi connectivity index (χ0v) is 14.6. The lowest BCUT2D eigenvalue weighted by atomic mass is 9.85. The van der Waals surface area contributed by atoms with Gasteiger partial charge in [0.25, 0.3) is 0 Å². The van der Waals surface area contributed by atoms with E-state index in [1.807, 2.05) is 12.1 Å². The van der Waals surface area contributed by atoms with Crippen LogP contribution in [-0.2, 0) is 6.54 Å². The number of para-hydroxylation sites is 1. The number of benzene rings is 1. The highest BCUT2D eigenvalue weighted by Gasteiger charge is 2.16. The minimum atomic E-state index is 0. The van der Waals surface area contributed by atoms with Gasteiger partial charge in [0.15, 0.2) is 5.96 Å².